The summed E-state index contributed by atoms with van der Waals surface area (Å²) in [6.07, 6.45) is 4.46. The maximum atomic E-state index is 14.7. The monoisotopic (exact) mass is 806 g/mol. The van der Waals surface area contributed by atoms with Crippen LogP contribution in [-0.2, 0) is 6.54 Å². The van der Waals surface area contributed by atoms with E-state index in [1.165, 1.54) is 42.3 Å². The van der Waals surface area contributed by atoms with E-state index in [9.17, 15) is 41.8 Å². The first-order valence-corrected chi connectivity index (χ1v) is 19.7. The third kappa shape index (κ3) is 6.31. The van der Waals surface area contributed by atoms with Crippen LogP contribution in [0, 0.1) is 45.1 Å². The molecule has 3 fully saturated rings. The number of carbonyl (C=O) groups excluding carboxylic acids is 2. The number of urea groups is 1. The SMILES string of the molecule is COc1ccc(NC(=O)N(Cc2ccc(OC(F)(F)F)cc2)C[C@]2(O)CC[C@H]3[C@]45C=C[C@@]6(C=C4C(=O)c4ccc(F)c(F)c4)CC(O)CC[C@]6(C)[C@H]5CC[C@@]32C)cc1. The van der Waals surface area contributed by atoms with Gasteiger partial charge in [-0.3, -0.25) is 4.79 Å². The zero-order chi connectivity index (χ0) is 41.5. The van der Waals surface area contributed by atoms with Crippen LogP contribution in [0.1, 0.15) is 74.7 Å². The van der Waals surface area contributed by atoms with Crippen molar-refractivity contribution in [3.8, 4) is 11.5 Å². The number of amides is 2. The molecule has 9 rings (SSSR count). The number of ketones is 1. The molecular formula is C45H47F5N2O6. The van der Waals surface area contributed by atoms with Gasteiger partial charge in [0.15, 0.2) is 17.4 Å². The quantitative estimate of drug-likeness (QED) is 0.113. The summed E-state index contributed by atoms with van der Waals surface area (Å²) in [6, 6.07) is 14.5. The lowest BCUT2D eigenvalue weighted by Crippen LogP contribution is -2.67. The average molecular weight is 807 g/mol. The molecule has 2 bridgehead atoms. The smallest absolute Gasteiger partial charge is 0.497 e. The molecule has 3 aromatic carbocycles. The van der Waals surface area contributed by atoms with Gasteiger partial charge >= 0.3 is 12.4 Å². The second-order valence-corrected chi connectivity index (χ2v) is 17.5. The van der Waals surface area contributed by atoms with Crippen LogP contribution >= 0.6 is 0 Å². The highest BCUT2D eigenvalue weighted by atomic mass is 19.4. The lowest BCUT2D eigenvalue weighted by molar-refractivity contribution is -0.274. The molecule has 308 valence electrons. The molecule has 2 amide bonds. The van der Waals surface area contributed by atoms with Gasteiger partial charge in [-0.05, 0) is 122 Å². The van der Waals surface area contributed by atoms with E-state index in [1.54, 1.807) is 24.3 Å². The molecule has 0 radical (unpaired) electrons. The standard InChI is InChI=1S/C45H47F5N2O6/c1-40-17-14-30(53)23-42(40)20-21-44(33(24-42)38(54)28-6-13-34(46)35(47)22-28)36(40)15-18-41(2)37(44)16-19-43(41,56)26-52(39(55)51-29-7-11-31(57-3)12-8-29)25-27-4-9-32(10-5-27)58-45(48,49)50/h4-13,20-22,24,30,36-37,53,56H,14-19,23,25-26H2,1-3H3,(H,51,55)/t30?,36-,37-,40-,41+,42+,43-,44-/m1/s1. The van der Waals surface area contributed by atoms with Gasteiger partial charge in [0.05, 0.1) is 25.4 Å². The Morgan fingerprint density at radius 2 is 1.52 bits per heavy atom. The molecule has 13 heteroatoms. The Bertz CT molecular complexity index is 2180. The second kappa shape index (κ2) is 13.9. The molecule has 3 aromatic rings. The van der Waals surface area contributed by atoms with Crippen LogP contribution in [-0.4, -0.2) is 58.6 Å². The topological polar surface area (TPSA) is 108 Å². The number of nitrogens with zero attached hydrogens (tertiary/aromatic N) is 1. The number of anilines is 1. The molecule has 0 aliphatic heterocycles. The highest BCUT2D eigenvalue weighted by Crippen LogP contribution is 2.78. The summed E-state index contributed by atoms with van der Waals surface area (Å²) in [5.74, 6) is -2.83. The number of rotatable bonds is 9. The number of allylic oxidation sites excluding steroid dienone is 4. The minimum absolute atomic E-state index is 0.0160. The summed E-state index contributed by atoms with van der Waals surface area (Å²) in [7, 11) is 1.52. The summed E-state index contributed by atoms with van der Waals surface area (Å²) in [6.45, 7) is 4.04. The number of alkyl halides is 3. The van der Waals surface area contributed by atoms with Crippen molar-refractivity contribution in [2.45, 2.75) is 83.4 Å². The molecular weight excluding hydrogens is 759 g/mol. The maximum absolute atomic E-state index is 14.7. The molecule has 6 aliphatic rings. The molecule has 3 saturated carbocycles. The molecule has 0 heterocycles. The van der Waals surface area contributed by atoms with Gasteiger partial charge in [0.1, 0.15) is 11.5 Å². The van der Waals surface area contributed by atoms with Crippen LogP contribution in [0.25, 0.3) is 0 Å². The molecule has 58 heavy (non-hydrogen) atoms. The maximum Gasteiger partial charge on any atom is 0.573 e. The van der Waals surface area contributed by atoms with Crippen molar-refractivity contribution in [1.82, 2.24) is 4.90 Å². The van der Waals surface area contributed by atoms with E-state index in [4.69, 9.17) is 4.74 Å². The van der Waals surface area contributed by atoms with Crippen LogP contribution < -0.4 is 14.8 Å². The minimum Gasteiger partial charge on any atom is -0.497 e. The zero-order valence-electron chi connectivity index (χ0n) is 32.5. The van der Waals surface area contributed by atoms with Crippen molar-refractivity contribution in [1.29, 1.82) is 0 Å². The number of halogens is 5. The van der Waals surface area contributed by atoms with E-state index in [0.717, 1.165) is 12.1 Å². The van der Waals surface area contributed by atoms with E-state index in [-0.39, 0.29) is 42.3 Å². The van der Waals surface area contributed by atoms with Crippen LogP contribution in [0.3, 0.4) is 0 Å². The molecule has 6 aliphatic carbocycles. The predicted molar refractivity (Wildman–Crippen MR) is 205 cm³/mol. The number of hydrogen-bond donors (Lipinski definition) is 3. The number of nitrogens with one attached hydrogen (secondary N) is 1. The summed E-state index contributed by atoms with van der Waals surface area (Å²) in [5.41, 5.74) is -2.80. The summed E-state index contributed by atoms with van der Waals surface area (Å²) < 4.78 is 76.9. The van der Waals surface area contributed by atoms with Gasteiger partial charge in [-0.1, -0.05) is 44.2 Å². The number of benzene rings is 3. The lowest BCUT2D eigenvalue weighted by atomic mass is 9.32. The zero-order valence-corrected chi connectivity index (χ0v) is 32.5. The Morgan fingerprint density at radius 3 is 2.19 bits per heavy atom. The number of ether oxygens (including phenoxy) is 2. The highest BCUT2D eigenvalue weighted by molar-refractivity contribution is 6.10. The minimum atomic E-state index is -4.88. The van der Waals surface area contributed by atoms with Crippen molar-refractivity contribution in [3.05, 3.63) is 113 Å². The van der Waals surface area contributed by atoms with Gasteiger partial charge in [-0.2, -0.15) is 0 Å². The van der Waals surface area contributed by atoms with E-state index < -0.39 is 63.5 Å². The number of carbonyl (C=O) groups is 2. The van der Waals surface area contributed by atoms with E-state index in [1.807, 2.05) is 13.0 Å². The number of aliphatic hydroxyl groups excluding tert-OH is 1. The Labute approximate surface area is 333 Å². The van der Waals surface area contributed by atoms with Gasteiger partial charge in [0.25, 0.3) is 0 Å². The van der Waals surface area contributed by atoms with Crippen molar-refractivity contribution in [2.75, 3.05) is 19.0 Å². The fourth-order valence-corrected chi connectivity index (χ4v) is 11.8. The van der Waals surface area contributed by atoms with Gasteiger partial charge in [-0.15, -0.1) is 13.2 Å². The van der Waals surface area contributed by atoms with Crippen molar-refractivity contribution in [2.24, 2.45) is 33.5 Å². The van der Waals surface area contributed by atoms with Crippen LogP contribution in [0.15, 0.2) is 90.5 Å². The Kier molecular flexibility index (Phi) is 9.62. The van der Waals surface area contributed by atoms with Gasteiger partial charge in [0, 0.05) is 39.6 Å². The molecule has 2 spiro atoms. The van der Waals surface area contributed by atoms with Crippen molar-refractivity contribution < 1.29 is 51.2 Å². The third-order valence-corrected chi connectivity index (χ3v) is 14.7. The van der Waals surface area contributed by atoms with Crippen molar-refractivity contribution >= 4 is 17.5 Å². The molecule has 0 saturated heterocycles. The van der Waals surface area contributed by atoms with Crippen LogP contribution in [0.4, 0.5) is 32.4 Å². The summed E-state index contributed by atoms with van der Waals surface area (Å²) in [4.78, 5) is 30.4. The van der Waals surface area contributed by atoms with Gasteiger partial charge in [0.2, 0.25) is 0 Å². The molecule has 8 nitrogen and oxygen atoms in total. The van der Waals surface area contributed by atoms with Gasteiger partial charge < -0.3 is 29.9 Å². The number of aliphatic hydroxyl groups is 2. The Balaban J connectivity index is 1.16. The van der Waals surface area contributed by atoms with Crippen molar-refractivity contribution in [3.63, 3.8) is 0 Å². The second-order valence-electron chi connectivity index (χ2n) is 17.5. The first-order chi connectivity index (χ1) is 27.4. The summed E-state index contributed by atoms with van der Waals surface area (Å²) in [5, 5.41) is 26.9. The molecule has 8 atom stereocenters. The molecule has 0 aromatic heterocycles. The number of methoxy groups -OCH3 is 1. The first kappa shape index (κ1) is 40.0. The fourth-order valence-electron chi connectivity index (χ4n) is 11.8. The first-order valence-electron chi connectivity index (χ1n) is 19.7. The normalized spacial score (nSPS) is 33.3. The largest absolute Gasteiger partial charge is 0.573 e. The van der Waals surface area contributed by atoms with Gasteiger partial charge in [-0.25, -0.2) is 13.6 Å². The lowest BCUT2D eigenvalue weighted by Gasteiger charge is -2.71. The third-order valence-electron chi connectivity index (χ3n) is 14.7. The summed E-state index contributed by atoms with van der Waals surface area (Å²) >= 11 is 0. The Morgan fingerprint density at radius 1 is 0.862 bits per heavy atom. The predicted octanol–water partition coefficient (Wildman–Crippen LogP) is 9.38. The van der Waals surface area contributed by atoms with E-state index in [0.29, 0.717) is 61.1 Å². The highest BCUT2D eigenvalue weighted by Gasteiger charge is 2.74. The number of Topliss-reactive ketones (excluding diaryl/α,β-unsaturated/α-hetero) is 1. The molecule has 3 N–H and O–H groups in total. The molecule has 1 unspecified atom stereocenters. The fraction of sp³-hybridized carbons (Fsp3) is 0.467. The van der Waals surface area contributed by atoms with E-state index in [2.05, 4.69) is 29.1 Å². The Hall–Kier alpha value is -4.75. The van der Waals surface area contributed by atoms with E-state index >= 15 is 0 Å². The van der Waals surface area contributed by atoms with Crippen LogP contribution in [0.2, 0.25) is 0 Å². The number of fused-ring (bicyclic) bond motifs is 1. The number of hydrogen-bond acceptors (Lipinski definition) is 6. The van der Waals surface area contributed by atoms with Crippen LogP contribution in [0.5, 0.6) is 11.5 Å². The average Bonchev–Trinajstić information content (AvgIpc) is 3.45.